The molecule has 10 heavy (non-hydrogen) atoms. The summed E-state index contributed by atoms with van der Waals surface area (Å²) in [4.78, 5) is 0. The average molecular weight is 140 g/mol. The average Bonchev–Trinajstić information content (AvgIpc) is 2.67. The van der Waals surface area contributed by atoms with Crippen LogP contribution >= 0.6 is 0 Å². The molecule has 7 nitrogen and oxygen atoms in total. The second-order valence-corrected chi connectivity index (χ2v) is 1.15. The molecule has 2 aromatic rings. The predicted octanol–water partition coefficient (Wildman–Crippen LogP) is -0.731. The SMILES string of the molecule is c1cnon1.c1nnn[nH]1. The van der Waals surface area contributed by atoms with Gasteiger partial charge in [-0.2, -0.15) is 0 Å². The van der Waals surface area contributed by atoms with Crippen LogP contribution in [0.1, 0.15) is 0 Å². The Morgan fingerprint density at radius 3 is 2.20 bits per heavy atom. The molecule has 2 heterocycles. The van der Waals surface area contributed by atoms with E-state index in [1.807, 2.05) is 0 Å². The lowest BCUT2D eigenvalue weighted by atomic mass is 11.0. The first-order valence-corrected chi connectivity index (χ1v) is 2.39. The zero-order valence-corrected chi connectivity index (χ0v) is 4.88. The minimum absolute atomic E-state index is 1.40. The molecule has 0 fully saturated rings. The molecule has 7 heteroatoms. The van der Waals surface area contributed by atoms with E-state index in [0.717, 1.165) is 0 Å². The Balaban J connectivity index is 0.0000001000. The maximum Gasteiger partial charge on any atom is 0.135 e. The fraction of sp³-hybridized carbons (Fsp3) is 0. The molecule has 0 atom stereocenters. The number of H-pyrrole nitrogens is 1. The zero-order valence-electron chi connectivity index (χ0n) is 4.88. The van der Waals surface area contributed by atoms with Crippen molar-refractivity contribution in [1.29, 1.82) is 0 Å². The first kappa shape index (κ1) is 6.33. The van der Waals surface area contributed by atoms with E-state index in [-0.39, 0.29) is 0 Å². The molecular weight excluding hydrogens is 136 g/mol. The van der Waals surface area contributed by atoms with Crippen molar-refractivity contribution in [2.24, 2.45) is 0 Å². The molecule has 0 aliphatic carbocycles. The summed E-state index contributed by atoms with van der Waals surface area (Å²) in [5.74, 6) is 0. The first-order valence-electron chi connectivity index (χ1n) is 2.39. The van der Waals surface area contributed by atoms with Gasteiger partial charge in [0.25, 0.3) is 0 Å². The van der Waals surface area contributed by atoms with Gasteiger partial charge in [-0.25, -0.2) is 9.73 Å². The van der Waals surface area contributed by atoms with Crippen LogP contribution in [-0.2, 0) is 0 Å². The second-order valence-electron chi connectivity index (χ2n) is 1.15. The van der Waals surface area contributed by atoms with Crippen molar-refractivity contribution in [2.45, 2.75) is 0 Å². The largest absolute Gasteiger partial charge is 0.246 e. The van der Waals surface area contributed by atoms with Crippen LogP contribution in [0.5, 0.6) is 0 Å². The van der Waals surface area contributed by atoms with Crippen molar-refractivity contribution >= 4 is 0 Å². The molecule has 0 amide bonds. The van der Waals surface area contributed by atoms with Crippen LogP contribution in [0.25, 0.3) is 0 Å². The molecule has 0 aliphatic rings. The molecule has 2 rings (SSSR count). The van der Waals surface area contributed by atoms with E-state index in [0.29, 0.717) is 0 Å². The fourth-order valence-corrected chi connectivity index (χ4v) is 0.265. The molecule has 0 radical (unpaired) electrons. The summed E-state index contributed by atoms with van der Waals surface area (Å²) in [5, 5.41) is 18.6. The summed E-state index contributed by atoms with van der Waals surface area (Å²) in [6.45, 7) is 0. The lowest BCUT2D eigenvalue weighted by molar-refractivity contribution is 0.307. The lowest BCUT2D eigenvalue weighted by Gasteiger charge is -1.45. The Hall–Kier alpha value is -1.79. The molecule has 0 bridgehead atoms. The van der Waals surface area contributed by atoms with Crippen LogP contribution < -0.4 is 0 Å². The van der Waals surface area contributed by atoms with E-state index in [1.54, 1.807) is 0 Å². The Labute approximate surface area is 55.4 Å². The van der Waals surface area contributed by atoms with E-state index in [9.17, 15) is 0 Å². The summed E-state index contributed by atoms with van der Waals surface area (Å²) in [6.07, 6.45) is 4.35. The maximum atomic E-state index is 4.08. The third-order valence-electron chi connectivity index (χ3n) is 0.552. The van der Waals surface area contributed by atoms with Crippen LogP contribution in [0.4, 0.5) is 0 Å². The fourth-order valence-electron chi connectivity index (χ4n) is 0.265. The molecule has 0 aliphatic heterocycles. The number of nitrogens with zero attached hydrogens (tertiary/aromatic N) is 5. The van der Waals surface area contributed by atoms with Crippen LogP contribution in [0.15, 0.2) is 23.4 Å². The highest BCUT2D eigenvalue weighted by molar-refractivity contribution is 4.51. The monoisotopic (exact) mass is 140 g/mol. The van der Waals surface area contributed by atoms with Gasteiger partial charge >= 0.3 is 0 Å². The van der Waals surface area contributed by atoms with Crippen molar-refractivity contribution in [3.63, 3.8) is 0 Å². The van der Waals surface area contributed by atoms with Crippen molar-refractivity contribution in [3.8, 4) is 0 Å². The van der Waals surface area contributed by atoms with Gasteiger partial charge < -0.3 is 0 Å². The van der Waals surface area contributed by atoms with Gasteiger partial charge in [0.05, 0.1) is 12.4 Å². The normalized spacial score (nSPS) is 8.00. The molecule has 2 aromatic heterocycles. The molecule has 0 saturated carbocycles. The van der Waals surface area contributed by atoms with Gasteiger partial charge in [-0.05, 0) is 10.4 Å². The topological polar surface area (TPSA) is 93.4 Å². The van der Waals surface area contributed by atoms with E-state index in [1.165, 1.54) is 18.7 Å². The number of rotatable bonds is 0. The van der Waals surface area contributed by atoms with Crippen LogP contribution in [-0.4, -0.2) is 30.9 Å². The van der Waals surface area contributed by atoms with Crippen LogP contribution in [0.3, 0.4) is 0 Å². The molecule has 1 N–H and O–H groups in total. The molecule has 0 spiro atoms. The van der Waals surface area contributed by atoms with Crippen LogP contribution in [0.2, 0.25) is 0 Å². The third kappa shape index (κ3) is 2.50. The molecule has 0 unspecified atom stereocenters. The van der Waals surface area contributed by atoms with Gasteiger partial charge in [0.2, 0.25) is 0 Å². The number of hydrogen-bond donors (Lipinski definition) is 1. The number of aromatic nitrogens is 6. The molecule has 0 saturated heterocycles. The number of hydrogen-bond acceptors (Lipinski definition) is 6. The minimum atomic E-state index is 1.40. The van der Waals surface area contributed by atoms with Gasteiger partial charge in [-0.1, -0.05) is 10.3 Å². The predicted molar refractivity (Wildman–Crippen MR) is 28.5 cm³/mol. The third-order valence-corrected chi connectivity index (χ3v) is 0.552. The highest BCUT2D eigenvalue weighted by Gasteiger charge is 1.61. The van der Waals surface area contributed by atoms with Gasteiger partial charge in [0.1, 0.15) is 6.33 Å². The highest BCUT2D eigenvalue weighted by atomic mass is 16.6. The van der Waals surface area contributed by atoms with Crippen molar-refractivity contribution in [2.75, 3.05) is 0 Å². The van der Waals surface area contributed by atoms with Gasteiger partial charge in [-0.15, -0.1) is 5.10 Å². The zero-order chi connectivity index (χ0) is 7.07. The minimum Gasteiger partial charge on any atom is -0.246 e. The van der Waals surface area contributed by atoms with E-state index < -0.39 is 0 Å². The summed E-state index contributed by atoms with van der Waals surface area (Å²) in [6, 6.07) is 0. The number of nitrogens with one attached hydrogen (secondary N) is 1. The standard InChI is InChI=1S/C2H2N2O.CH2N4/c2*1-2-4-5-3-1/h1-2H;1H,(H,2,3,4,5). The Morgan fingerprint density at radius 2 is 2.00 bits per heavy atom. The number of tetrazole rings is 1. The van der Waals surface area contributed by atoms with Gasteiger partial charge in [-0.3, -0.25) is 0 Å². The summed E-state index contributed by atoms with van der Waals surface area (Å²) < 4.78 is 4.08. The number of aromatic amines is 1. The first-order chi connectivity index (χ1) is 5.00. The summed E-state index contributed by atoms with van der Waals surface area (Å²) >= 11 is 0. The Morgan fingerprint density at radius 1 is 1.20 bits per heavy atom. The van der Waals surface area contributed by atoms with Crippen LogP contribution in [0, 0.1) is 0 Å². The van der Waals surface area contributed by atoms with E-state index >= 15 is 0 Å². The molecular formula is C3H4N6O. The Bertz CT molecular complexity index is 152. The smallest absolute Gasteiger partial charge is 0.135 e. The molecule has 52 valence electrons. The van der Waals surface area contributed by atoms with Gasteiger partial charge in [0.15, 0.2) is 0 Å². The second kappa shape index (κ2) is 4.13. The van der Waals surface area contributed by atoms with E-state index in [4.69, 9.17) is 0 Å². The summed E-state index contributed by atoms with van der Waals surface area (Å²) in [5.41, 5.74) is 0. The van der Waals surface area contributed by atoms with Crippen molar-refractivity contribution < 1.29 is 4.63 Å². The highest BCUT2D eigenvalue weighted by Crippen LogP contribution is 1.62. The maximum absolute atomic E-state index is 4.08. The van der Waals surface area contributed by atoms with Crippen molar-refractivity contribution in [1.82, 2.24) is 30.9 Å². The van der Waals surface area contributed by atoms with Crippen molar-refractivity contribution in [3.05, 3.63) is 18.7 Å². The lowest BCUT2D eigenvalue weighted by Crippen LogP contribution is -1.64. The van der Waals surface area contributed by atoms with E-state index in [2.05, 4.69) is 35.6 Å². The van der Waals surface area contributed by atoms with Gasteiger partial charge in [0, 0.05) is 0 Å². The molecule has 0 aromatic carbocycles. The Kier molecular flexibility index (Phi) is 2.61. The summed E-state index contributed by atoms with van der Waals surface area (Å²) in [7, 11) is 0. The quantitative estimate of drug-likeness (QED) is 0.518.